The van der Waals surface area contributed by atoms with Crippen LogP contribution in [0.5, 0.6) is 0 Å². The highest BCUT2D eigenvalue weighted by molar-refractivity contribution is 6.35. The van der Waals surface area contributed by atoms with Crippen LogP contribution in [0.2, 0.25) is 10.0 Å². The quantitative estimate of drug-likeness (QED) is 0.883. The van der Waals surface area contributed by atoms with Crippen molar-refractivity contribution >= 4 is 41.5 Å². The van der Waals surface area contributed by atoms with Crippen molar-refractivity contribution in [1.82, 2.24) is 5.32 Å². The molecule has 0 heterocycles. The Morgan fingerprint density at radius 2 is 1.95 bits per heavy atom. The molecule has 114 valence electrons. The summed E-state index contributed by atoms with van der Waals surface area (Å²) in [6.07, 6.45) is 0.651. The van der Waals surface area contributed by atoms with Crippen LogP contribution >= 0.6 is 35.6 Å². The molecule has 0 fully saturated rings. The molecule has 0 radical (unpaired) electrons. The molecule has 0 spiro atoms. The summed E-state index contributed by atoms with van der Waals surface area (Å²) in [6, 6.07) is 4.82. The van der Waals surface area contributed by atoms with E-state index in [1.165, 1.54) is 0 Å². The summed E-state index contributed by atoms with van der Waals surface area (Å²) in [7, 11) is 0. The Labute approximate surface area is 136 Å². The standard InChI is InChI=1S/C14H20Cl2N2O.ClH/c1-14(2,3)12(17)13(19)18-7-6-9-4-5-10(15)8-11(9)16;/h4-5,8,12H,6-7,17H2,1-3H3,(H,18,19);1H/t12-;/m1./s1. The van der Waals surface area contributed by atoms with E-state index in [1.54, 1.807) is 12.1 Å². The highest BCUT2D eigenvalue weighted by Crippen LogP contribution is 2.21. The van der Waals surface area contributed by atoms with Crippen LogP contribution < -0.4 is 11.1 Å². The molecule has 6 heteroatoms. The topological polar surface area (TPSA) is 55.1 Å². The summed E-state index contributed by atoms with van der Waals surface area (Å²) in [5.74, 6) is -0.141. The lowest BCUT2D eigenvalue weighted by atomic mass is 9.87. The average Bonchev–Trinajstić information content (AvgIpc) is 2.29. The third kappa shape index (κ3) is 5.88. The van der Waals surface area contributed by atoms with Crippen LogP contribution in [-0.2, 0) is 11.2 Å². The van der Waals surface area contributed by atoms with Gasteiger partial charge in [0.15, 0.2) is 0 Å². The zero-order chi connectivity index (χ0) is 14.6. The molecule has 1 rings (SSSR count). The van der Waals surface area contributed by atoms with E-state index in [2.05, 4.69) is 5.32 Å². The summed E-state index contributed by atoms with van der Waals surface area (Å²) in [5.41, 5.74) is 6.57. The van der Waals surface area contributed by atoms with Crippen molar-refractivity contribution in [2.45, 2.75) is 33.2 Å². The highest BCUT2D eigenvalue weighted by atomic mass is 35.5. The van der Waals surface area contributed by atoms with Gasteiger partial charge in [0.1, 0.15) is 0 Å². The van der Waals surface area contributed by atoms with Gasteiger partial charge in [0.05, 0.1) is 6.04 Å². The molecule has 3 nitrogen and oxygen atoms in total. The third-order valence-corrected chi connectivity index (χ3v) is 3.51. The van der Waals surface area contributed by atoms with Crippen molar-refractivity contribution in [2.75, 3.05) is 6.54 Å². The van der Waals surface area contributed by atoms with Crippen molar-refractivity contribution in [3.8, 4) is 0 Å². The minimum absolute atomic E-state index is 0. The zero-order valence-electron chi connectivity index (χ0n) is 11.9. The van der Waals surface area contributed by atoms with Gasteiger partial charge in [-0.15, -0.1) is 12.4 Å². The number of rotatable bonds is 4. The van der Waals surface area contributed by atoms with Crippen molar-refractivity contribution < 1.29 is 4.79 Å². The SMILES string of the molecule is CC(C)(C)[C@H](N)C(=O)NCCc1ccc(Cl)cc1Cl.Cl. The van der Waals surface area contributed by atoms with Gasteiger partial charge in [0.2, 0.25) is 5.91 Å². The van der Waals surface area contributed by atoms with Crippen molar-refractivity contribution in [1.29, 1.82) is 0 Å². The minimum atomic E-state index is -0.520. The molecular formula is C14H21Cl3N2O. The molecule has 0 aromatic heterocycles. The number of hydrogen-bond acceptors (Lipinski definition) is 2. The monoisotopic (exact) mass is 338 g/mol. The number of halogens is 3. The van der Waals surface area contributed by atoms with Gasteiger partial charge in [0, 0.05) is 16.6 Å². The molecule has 0 saturated heterocycles. The molecular weight excluding hydrogens is 319 g/mol. The second-order valence-electron chi connectivity index (χ2n) is 5.62. The maximum absolute atomic E-state index is 11.8. The number of amides is 1. The molecule has 0 saturated carbocycles. The lowest BCUT2D eigenvalue weighted by Crippen LogP contribution is -2.48. The fourth-order valence-electron chi connectivity index (χ4n) is 1.55. The van der Waals surface area contributed by atoms with Crippen LogP contribution in [0.15, 0.2) is 18.2 Å². The lowest BCUT2D eigenvalue weighted by Gasteiger charge is -2.25. The number of carbonyl (C=O) groups excluding carboxylic acids is 1. The Morgan fingerprint density at radius 1 is 1.35 bits per heavy atom. The number of nitrogens with one attached hydrogen (secondary N) is 1. The first-order chi connectivity index (χ1) is 8.71. The number of benzene rings is 1. The lowest BCUT2D eigenvalue weighted by molar-refractivity contribution is -0.124. The van der Waals surface area contributed by atoms with Gasteiger partial charge in [-0.3, -0.25) is 4.79 Å². The summed E-state index contributed by atoms with van der Waals surface area (Å²) < 4.78 is 0. The van der Waals surface area contributed by atoms with Crippen LogP contribution in [0.25, 0.3) is 0 Å². The predicted octanol–water partition coefficient (Wildman–Crippen LogP) is 3.45. The smallest absolute Gasteiger partial charge is 0.237 e. The van der Waals surface area contributed by atoms with E-state index < -0.39 is 6.04 Å². The Kier molecular flexibility index (Phi) is 7.89. The third-order valence-electron chi connectivity index (χ3n) is 2.92. The Morgan fingerprint density at radius 3 is 2.45 bits per heavy atom. The number of nitrogens with two attached hydrogens (primary N) is 1. The summed E-state index contributed by atoms with van der Waals surface area (Å²) in [5, 5.41) is 4.04. The average molecular weight is 340 g/mol. The van der Waals surface area contributed by atoms with E-state index in [4.69, 9.17) is 28.9 Å². The van der Waals surface area contributed by atoms with Crippen molar-refractivity contribution in [2.24, 2.45) is 11.1 Å². The van der Waals surface area contributed by atoms with Gasteiger partial charge in [-0.1, -0.05) is 50.0 Å². The second-order valence-corrected chi connectivity index (χ2v) is 6.46. The van der Waals surface area contributed by atoms with Crippen LogP contribution in [-0.4, -0.2) is 18.5 Å². The van der Waals surface area contributed by atoms with E-state index in [0.717, 1.165) is 5.56 Å². The fraction of sp³-hybridized carbons (Fsp3) is 0.500. The molecule has 0 aliphatic carbocycles. The highest BCUT2D eigenvalue weighted by Gasteiger charge is 2.26. The molecule has 1 aromatic rings. The van der Waals surface area contributed by atoms with E-state index in [9.17, 15) is 4.79 Å². The normalized spacial score (nSPS) is 12.5. The van der Waals surface area contributed by atoms with Gasteiger partial charge in [-0.2, -0.15) is 0 Å². The zero-order valence-corrected chi connectivity index (χ0v) is 14.2. The molecule has 0 bridgehead atoms. The van der Waals surface area contributed by atoms with Gasteiger partial charge < -0.3 is 11.1 Å². The first kappa shape index (κ1) is 19.5. The largest absolute Gasteiger partial charge is 0.354 e. The minimum Gasteiger partial charge on any atom is -0.354 e. The summed E-state index contributed by atoms with van der Waals surface area (Å²) in [6.45, 7) is 6.32. The molecule has 20 heavy (non-hydrogen) atoms. The summed E-state index contributed by atoms with van der Waals surface area (Å²) in [4.78, 5) is 11.8. The number of carbonyl (C=O) groups is 1. The van der Waals surface area contributed by atoms with E-state index in [1.807, 2.05) is 26.8 Å². The summed E-state index contributed by atoms with van der Waals surface area (Å²) >= 11 is 11.9. The molecule has 0 aliphatic heterocycles. The fourth-order valence-corrected chi connectivity index (χ4v) is 2.05. The Bertz CT molecular complexity index is 458. The maximum atomic E-state index is 11.8. The maximum Gasteiger partial charge on any atom is 0.237 e. The van der Waals surface area contributed by atoms with Gasteiger partial charge >= 0.3 is 0 Å². The van der Waals surface area contributed by atoms with Crippen LogP contribution in [0.1, 0.15) is 26.3 Å². The predicted molar refractivity (Wildman–Crippen MR) is 87.9 cm³/mol. The van der Waals surface area contributed by atoms with Gasteiger partial charge in [0.25, 0.3) is 0 Å². The number of hydrogen-bond donors (Lipinski definition) is 2. The van der Waals surface area contributed by atoms with Crippen molar-refractivity contribution in [3.05, 3.63) is 33.8 Å². The Hall–Kier alpha value is -0.480. The molecule has 0 unspecified atom stereocenters. The van der Waals surface area contributed by atoms with Crippen LogP contribution in [0.4, 0.5) is 0 Å². The molecule has 1 aromatic carbocycles. The van der Waals surface area contributed by atoms with E-state index >= 15 is 0 Å². The Balaban J connectivity index is 0.00000361. The van der Waals surface area contributed by atoms with E-state index in [-0.39, 0.29) is 23.7 Å². The molecule has 1 atom stereocenters. The van der Waals surface area contributed by atoms with Crippen molar-refractivity contribution in [3.63, 3.8) is 0 Å². The van der Waals surface area contributed by atoms with Crippen LogP contribution in [0.3, 0.4) is 0 Å². The molecule has 1 amide bonds. The molecule has 0 aliphatic rings. The van der Waals surface area contributed by atoms with Crippen LogP contribution in [0, 0.1) is 5.41 Å². The van der Waals surface area contributed by atoms with Gasteiger partial charge in [-0.25, -0.2) is 0 Å². The van der Waals surface area contributed by atoms with Gasteiger partial charge in [-0.05, 0) is 29.5 Å². The first-order valence-electron chi connectivity index (χ1n) is 6.19. The second kappa shape index (κ2) is 8.08. The first-order valence-corrected chi connectivity index (χ1v) is 6.94. The van der Waals surface area contributed by atoms with E-state index in [0.29, 0.717) is 23.0 Å². The molecule has 3 N–H and O–H groups in total.